The molecule has 2 heterocycles. The molecule has 0 spiro atoms. The van der Waals surface area contributed by atoms with Crippen molar-refractivity contribution in [1.29, 1.82) is 5.26 Å². The van der Waals surface area contributed by atoms with Crippen LogP contribution < -0.4 is 0 Å². The number of rotatable bonds is 4. The molecule has 2 aliphatic carbocycles. The van der Waals surface area contributed by atoms with Gasteiger partial charge in [-0.25, -0.2) is 0 Å². The number of benzene rings is 5. The van der Waals surface area contributed by atoms with Gasteiger partial charge in [0, 0.05) is 56.7 Å². The van der Waals surface area contributed by atoms with Crippen LogP contribution in [0.2, 0.25) is 0 Å². The lowest BCUT2D eigenvalue weighted by atomic mass is 9.92. The average Bonchev–Trinajstić information content (AvgIpc) is 3.53. The summed E-state index contributed by atoms with van der Waals surface area (Å²) >= 11 is 0. The van der Waals surface area contributed by atoms with Gasteiger partial charge in [0.15, 0.2) is 0 Å². The molecule has 0 amide bonds. The Balaban J connectivity index is 1.35. The quantitative estimate of drug-likeness (QED) is 0.185. The van der Waals surface area contributed by atoms with Crippen molar-refractivity contribution >= 4 is 44.4 Å². The first-order valence-corrected chi connectivity index (χ1v) is 16.1. The van der Waals surface area contributed by atoms with Gasteiger partial charge in [0.05, 0.1) is 33.9 Å². The van der Waals surface area contributed by atoms with Crippen LogP contribution in [0, 0.1) is 23.2 Å². The van der Waals surface area contributed by atoms with E-state index in [0.717, 1.165) is 46.5 Å². The highest BCUT2D eigenvalue weighted by atomic mass is 15.0. The van der Waals surface area contributed by atoms with Crippen molar-refractivity contribution in [3.63, 3.8) is 0 Å². The zero-order valence-corrected chi connectivity index (χ0v) is 25.7. The molecule has 0 radical (unpaired) electrons. The maximum atomic E-state index is 9.89. The number of fused-ring (bicyclic) bond motifs is 6. The highest BCUT2D eigenvalue weighted by molar-refractivity contribution is 6.09. The fourth-order valence-corrected chi connectivity index (χ4v) is 7.51. The molecule has 0 aliphatic heterocycles. The molecule has 9 rings (SSSR count). The van der Waals surface area contributed by atoms with Crippen LogP contribution in [-0.2, 0) is 6.42 Å². The summed E-state index contributed by atoms with van der Waals surface area (Å²) in [6, 6.07) is 43.9. The zero-order chi connectivity index (χ0) is 31.3. The lowest BCUT2D eigenvalue weighted by Gasteiger charge is -2.22. The SMILES string of the molecule is N#CC1=CC#CCC(c2cccc(-c3cccc(-n4c5ccccc5c5ccccc54)c3)c2-n2c3c(c4ccccc42)C=CCC3)=C1. The van der Waals surface area contributed by atoms with E-state index >= 15 is 0 Å². The monoisotopic (exact) mass is 599 g/mol. The summed E-state index contributed by atoms with van der Waals surface area (Å²) in [5.41, 5.74) is 13.4. The van der Waals surface area contributed by atoms with Crippen LogP contribution >= 0.6 is 0 Å². The molecule has 3 nitrogen and oxygen atoms in total. The molecule has 2 aromatic heterocycles. The van der Waals surface area contributed by atoms with E-state index in [1.54, 1.807) is 6.08 Å². The third kappa shape index (κ3) is 4.29. The van der Waals surface area contributed by atoms with Gasteiger partial charge in [-0.05, 0) is 60.4 Å². The van der Waals surface area contributed by atoms with Crippen molar-refractivity contribution in [2.75, 3.05) is 0 Å². The van der Waals surface area contributed by atoms with Crippen molar-refractivity contribution in [2.45, 2.75) is 19.3 Å². The Morgan fingerprint density at radius 3 is 2.13 bits per heavy atom. The predicted octanol–water partition coefficient (Wildman–Crippen LogP) is 10.6. The van der Waals surface area contributed by atoms with Crippen LogP contribution in [0.5, 0.6) is 0 Å². The van der Waals surface area contributed by atoms with Crippen LogP contribution in [0.15, 0.2) is 139 Å². The third-order valence-corrected chi connectivity index (χ3v) is 9.52. The molecule has 5 aromatic carbocycles. The number of hydrogen-bond donors (Lipinski definition) is 0. The molecule has 0 N–H and O–H groups in total. The maximum absolute atomic E-state index is 9.89. The minimum atomic E-state index is 0.570. The van der Waals surface area contributed by atoms with Crippen molar-refractivity contribution in [2.24, 2.45) is 0 Å². The summed E-state index contributed by atoms with van der Waals surface area (Å²) in [6.07, 6.45) is 10.8. The average molecular weight is 600 g/mol. The van der Waals surface area contributed by atoms with Crippen LogP contribution in [0.4, 0.5) is 0 Å². The van der Waals surface area contributed by atoms with Gasteiger partial charge in [-0.1, -0.05) is 109 Å². The van der Waals surface area contributed by atoms with Gasteiger partial charge >= 0.3 is 0 Å². The van der Waals surface area contributed by atoms with E-state index in [4.69, 9.17) is 0 Å². The largest absolute Gasteiger partial charge is 0.312 e. The van der Waals surface area contributed by atoms with Gasteiger partial charge in [0.2, 0.25) is 0 Å². The second kappa shape index (κ2) is 11.0. The van der Waals surface area contributed by atoms with E-state index in [2.05, 4.69) is 154 Å². The number of nitrogens with zero attached hydrogens (tertiary/aromatic N) is 3. The molecule has 47 heavy (non-hydrogen) atoms. The maximum Gasteiger partial charge on any atom is 0.0998 e. The first-order chi connectivity index (χ1) is 23.3. The number of para-hydroxylation sites is 4. The normalized spacial score (nSPS) is 13.9. The lowest BCUT2D eigenvalue weighted by Crippen LogP contribution is -2.08. The van der Waals surface area contributed by atoms with Gasteiger partial charge in [0.1, 0.15) is 0 Å². The first kappa shape index (κ1) is 27.1. The minimum Gasteiger partial charge on any atom is -0.312 e. The molecular weight excluding hydrogens is 571 g/mol. The van der Waals surface area contributed by atoms with Crippen molar-refractivity contribution < 1.29 is 0 Å². The number of allylic oxidation sites excluding steroid dienone is 5. The summed E-state index contributed by atoms with van der Waals surface area (Å²) in [7, 11) is 0. The standard InChI is InChI=1S/C44H29N3/c45-29-30-13-1-2-14-31(27-30)34-21-12-22-35(44(34)47-42-25-9-5-19-38(42)39-20-6-10-26-43(39)47)32-15-11-16-33(28-32)46-40-23-7-3-17-36(40)37-18-4-8-24-41(37)46/h3-9,11-13,15-25,27-28H,10,14,26H2. The zero-order valence-electron chi connectivity index (χ0n) is 25.7. The summed E-state index contributed by atoms with van der Waals surface area (Å²) in [4.78, 5) is 0. The molecule has 2 aliphatic rings. The highest BCUT2D eigenvalue weighted by Crippen LogP contribution is 2.42. The fraction of sp³-hybridized carbons (Fsp3) is 0.0682. The minimum absolute atomic E-state index is 0.570. The molecule has 0 unspecified atom stereocenters. The predicted molar refractivity (Wildman–Crippen MR) is 194 cm³/mol. The molecule has 0 fully saturated rings. The second-order valence-corrected chi connectivity index (χ2v) is 12.2. The van der Waals surface area contributed by atoms with Crippen molar-refractivity contribution in [1.82, 2.24) is 9.13 Å². The lowest BCUT2D eigenvalue weighted by molar-refractivity contribution is 0.887. The van der Waals surface area contributed by atoms with Crippen LogP contribution in [0.3, 0.4) is 0 Å². The molecule has 220 valence electrons. The van der Waals surface area contributed by atoms with Gasteiger partial charge in [-0.15, -0.1) is 0 Å². The Kier molecular flexibility index (Phi) is 6.30. The number of hydrogen-bond acceptors (Lipinski definition) is 1. The van der Waals surface area contributed by atoms with E-state index in [0.29, 0.717) is 12.0 Å². The Morgan fingerprint density at radius 2 is 1.36 bits per heavy atom. The van der Waals surface area contributed by atoms with Crippen molar-refractivity contribution in [3.8, 4) is 40.4 Å². The summed E-state index contributed by atoms with van der Waals surface area (Å²) in [5, 5.41) is 13.6. The summed E-state index contributed by atoms with van der Waals surface area (Å²) in [6.45, 7) is 0. The van der Waals surface area contributed by atoms with Gasteiger partial charge in [-0.3, -0.25) is 0 Å². The van der Waals surface area contributed by atoms with E-state index in [1.165, 1.54) is 44.0 Å². The molecule has 0 atom stereocenters. The fourth-order valence-electron chi connectivity index (χ4n) is 7.51. The number of nitriles is 1. The Hall–Kier alpha value is -6.29. The van der Waals surface area contributed by atoms with Crippen LogP contribution in [0.1, 0.15) is 29.7 Å². The van der Waals surface area contributed by atoms with Gasteiger partial charge in [0.25, 0.3) is 0 Å². The summed E-state index contributed by atoms with van der Waals surface area (Å²) < 4.78 is 4.86. The third-order valence-electron chi connectivity index (χ3n) is 9.52. The second-order valence-electron chi connectivity index (χ2n) is 12.2. The van der Waals surface area contributed by atoms with Gasteiger partial charge < -0.3 is 9.13 Å². The van der Waals surface area contributed by atoms with Crippen LogP contribution in [-0.4, -0.2) is 9.13 Å². The molecule has 0 bridgehead atoms. The smallest absolute Gasteiger partial charge is 0.0998 e. The highest BCUT2D eigenvalue weighted by Gasteiger charge is 2.24. The van der Waals surface area contributed by atoms with Crippen molar-refractivity contribution in [3.05, 3.63) is 156 Å². The van der Waals surface area contributed by atoms with E-state index in [1.807, 2.05) is 6.08 Å². The summed E-state index contributed by atoms with van der Waals surface area (Å²) in [5.74, 6) is 6.36. The molecule has 0 saturated heterocycles. The van der Waals surface area contributed by atoms with Gasteiger partial charge in [-0.2, -0.15) is 5.26 Å². The first-order valence-electron chi connectivity index (χ1n) is 16.1. The van der Waals surface area contributed by atoms with E-state index < -0.39 is 0 Å². The molecule has 7 aromatic rings. The van der Waals surface area contributed by atoms with E-state index in [-0.39, 0.29) is 0 Å². The van der Waals surface area contributed by atoms with E-state index in [9.17, 15) is 5.26 Å². The van der Waals surface area contributed by atoms with Crippen LogP contribution in [0.25, 0.3) is 66.9 Å². The Morgan fingerprint density at radius 1 is 0.681 bits per heavy atom. The molecular formula is C44H29N3. The Bertz CT molecular complexity index is 2560. The molecule has 3 heteroatoms. The topological polar surface area (TPSA) is 33.6 Å². The number of aromatic nitrogens is 2. The Labute approximate surface area is 273 Å². The molecule has 0 saturated carbocycles.